The fourth-order valence-corrected chi connectivity index (χ4v) is 5.61. The van der Waals surface area contributed by atoms with Crippen LogP contribution in [0.15, 0.2) is 58.0 Å². The quantitative estimate of drug-likeness (QED) is 0.395. The van der Waals surface area contributed by atoms with Gasteiger partial charge in [0, 0.05) is 20.1 Å². The van der Waals surface area contributed by atoms with E-state index >= 15 is 0 Å². The number of halogens is 1. The molecule has 0 amide bonds. The molecule has 9 nitrogen and oxygen atoms in total. The average Bonchev–Trinajstić information content (AvgIpc) is 3.58. The van der Waals surface area contributed by atoms with E-state index in [-0.39, 0.29) is 30.3 Å². The Balaban J connectivity index is 0.00000320. The second kappa shape index (κ2) is 9.84. The predicted molar refractivity (Wildman–Crippen MR) is 132 cm³/mol. The highest BCUT2D eigenvalue weighted by Gasteiger charge is 2.31. The number of nitrogens with zero attached hydrogens (tertiary/aromatic N) is 4. The summed E-state index contributed by atoms with van der Waals surface area (Å²) in [4.78, 5) is 9.25. The fourth-order valence-electron chi connectivity index (χ4n) is 4.03. The first-order valence-corrected chi connectivity index (χ1v) is 12.9. The summed E-state index contributed by atoms with van der Waals surface area (Å²) in [5.74, 6) is -0.319. The fraction of sp³-hybridized carbons (Fsp3) is 0.280. The van der Waals surface area contributed by atoms with Crippen molar-refractivity contribution < 1.29 is 23.4 Å². The Hall–Kier alpha value is -3.54. The Morgan fingerprint density at radius 3 is 2.61 bits per heavy atom. The molecule has 11 heteroatoms. The number of hydrogen-bond donors (Lipinski definition) is 1. The van der Waals surface area contributed by atoms with Crippen LogP contribution in [0.2, 0.25) is 0 Å². The minimum Gasteiger partial charge on any atom is -0.414 e. The van der Waals surface area contributed by atoms with Crippen LogP contribution in [0.4, 0.5) is 4.39 Å². The molecule has 1 N–H and O–H groups in total. The SMILES string of the molecule is CNCc1ccc(-c2nnc(-c3nc(-c4ccc(S(=O)(=O)C5CCOC5)cc4)cnc3C)o2)c(F)c1.[HH]. The molecule has 0 aliphatic carbocycles. The van der Waals surface area contributed by atoms with E-state index in [1.807, 2.05) is 0 Å². The number of sulfone groups is 1. The number of ether oxygens (including phenoxy) is 1. The third kappa shape index (κ3) is 4.64. The van der Waals surface area contributed by atoms with Gasteiger partial charge in [-0.15, -0.1) is 10.2 Å². The second-order valence-electron chi connectivity index (χ2n) is 8.50. The van der Waals surface area contributed by atoms with E-state index in [2.05, 4.69) is 25.5 Å². The molecule has 0 radical (unpaired) electrons. The summed E-state index contributed by atoms with van der Waals surface area (Å²) in [6.45, 7) is 2.96. The molecule has 4 aromatic rings. The molecule has 188 valence electrons. The third-order valence-electron chi connectivity index (χ3n) is 6.03. The molecule has 1 atom stereocenters. The van der Waals surface area contributed by atoms with Gasteiger partial charge in [-0.3, -0.25) is 4.98 Å². The Morgan fingerprint density at radius 2 is 1.92 bits per heavy atom. The molecule has 0 spiro atoms. The van der Waals surface area contributed by atoms with Crippen LogP contribution in [-0.2, 0) is 21.1 Å². The number of rotatable bonds is 7. The largest absolute Gasteiger partial charge is 0.414 e. The Bertz CT molecular complexity index is 1510. The lowest BCUT2D eigenvalue weighted by molar-refractivity contribution is 0.198. The molecular weight excluding hydrogens is 485 g/mol. The summed E-state index contributed by atoms with van der Waals surface area (Å²) < 4.78 is 51.2. The Morgan fingerprint density at radius 1 is 1.14 bits per heavy atom. The van der Waals surface area contributed by atoms with Gasteiger partial charge in [-0.2, -0.15) is 0 Å². The summed E-state index contributed by atoms with van der Waals surface area (Å²) in [5.41, 5.74) is 3.09. The maximum atomic E-state index is 14.6. The van der Waals surface area contributed by atoms with Gasteiger partial charge in [-0.1, -0.05) is 18.2 Å². The first-order chi connectivity index (χ1) is 17.4. The van der Waals surface area contributed by atoms with Crippen molar-refractivity contribution in [2.45, 2.75) is 30.0 Å². The average molecular weight is 512 g/mol. The molecule has 2 aromatic carbocycles. The lowest BCUT2D eigenvalue weighted by Gasteiger charge is -2.10. The van der Waals surface area contributed by atoms with Crippen LogP contribution < -0.4 is 5.32 Å². The molecule has 1 unspecified atom stereocenters. The number of aryl methyl sites for hydroxylation is 1. The first kappa shape index (κ1) is 24.2. The Labute approximate surface area is 209 Å². The molecule has 3 heterocycles. The summed E-state index contributed by atoms with van der Waals surface area (Å²) in [6, 6.07) is 11.3. The standard InChI is InChI=1S/C25H24FN5O4S.H2/c1-15-23(25-31-30-24(35-25)20-8-3-16(12-27-2)11-21(20)26)29-22(13-28-15)17-4-6-18(7-5-17)36(32,33)19-9-10-34-14-19;/h3-8,11,13,19,27H,9-10,12,14H2,1-2H3;1H. The van der Waals surface area contributed by atoms with Crippen molar-refractivity contribution in [1.29, 1.82) is 0 Å². The zero-order valence-corrected chi connectivity index (χ0v) is 20.5. The summed E-state index contributed by atoms with van der Waals surface area (Å²) in [6.07, 6.45) is 2.08. The van der Waals surface area contributed by atoms with Gasteiger partial charge < -0.3 is 14.5 Å². The zero-order chi connectivity index (χ0) is 25.3. The molecule has 1 aliphatic heterocycles. The monoisotopic (exact) mass is 511 g/mol. The lowest BCUT2D eigenvalue weighted by Crippen LogP contribution is -2.21. The van der Waals surface area contributed by atoms with E-state index in [1.54, 1.807) is 56.6 Å². The molecule has 2 aromatic heterocycles. The third-order valence-corrected chi connectivity index (χ3v) is 8.21. The van der Waals surface area contributed by atoms with Gasteiger partial charge in [0.25, 0.3) is 11.8 Å². The molecule has 36 heavy (non-hydrogen) atoms. The van der Waals surface area contributed by atoms with Crippen molar-refractivity contribution in [3.05, 3.63) is 65.7 Å². The van der Waals surface area contributed by atoms with E-state index in [0.717, 1.165) is 5.56 Å². The van der Waals surface area contributed by atoms with Gasteiger partial charge in [0.2, 0.25) is 0 Å². The van der Waals surface area contributed by atoms with Gasteiger partial charge in [-0.25, -0.2) is 17.8 Å². The molecule has 1 aliphatic rings. The van der Waals surface area contributed by atoms with E-state index in [0.29, 0.717) is 42.2 Å². The van der Waals surface area contributed by atoms with E-state index in [1.165, 1.54) is 6.07 Å². The van der Waals surface area contributed by atoms with Crippen LogP contribution in [0.25, 0.3) is 34.3 Å². The Kier molecular flexibility index (Phi) is 6.61. The van der Waals surface area contributed by atoms with E-state index < -0.39 is 20.9 Å². The van der Waals surface area contributed by atoms with Gasteiger partial charge in [0.1, 0.15) is 11.5 Å². The minimum atomic E-state index is -3.46. The predicted octanol–water partition coefficient (Wildman–Crippen LogP) is 3.84. The van der Waals surface area contributed by atoms with Crippen molar-refractivity contribution >= 4 is 9.84 Å². The van der Waals surface area contributed by atoms with Gasteiger partial charge >= 0.3 is 0 Å². The van der Waals surface area contributed by atoms with Crippen LogP contribution >= 0.6 is 0 Å². The number of benzene rings is 2. The van der Waals surface area contributed by atoms with E-state index in [4.69, 9.17) is 9.15 Å². The van der Waals surface area contributed by atoms with Crippen molar-refractivity contribution in [3.8, 4) is 34.3 Å². The summed E-state index contributed by atoms with van der Waals surface area (Å²) in [5, 5.41) is 10.5. The topological polar surface area (TPSA) is 120 Å². The molecule has 1 saturated heterocycles. The molecule has 0 bridgehead atoms. The zero-order valence-electron chi connectivity index (χ0n) is 19.7. The van der Waals surface area contributed by atoms with Crippen molar-refractivity contribution in [2.75, 3.05) is 20.3 Å². The van der Waals surface area contributed by atoms with Crippen LogP contribution in [0.5, 0.6) is 0 Å². The lowest BCUT2D eigenvalue weighted by atomic mass is 10.1. The molecular formula is C25H26FN5O4S. The number of hydrogen-bond acceptors (Lipinski definition) is 9. The second-order valence-corrected chi connectivity index (χ2v) is 10.7. The molecule has 0 saturated carbocycles. The van der Waals surface area contributed by atoms with E-state index in [9.17, 15) is 12.8 Å². The summed E-state index contributed by atoms with van der Waals surface area (Å²) >= 11 is 0. The van der Waals surface area contributed by atoms with Crippen molar-refractivity contribution in [2.24, 2.45) is 0 Å². The van der Waals surface area contributed by atoms with Gasteiger partial charge in [0.15, 0.2) is 9.84 Å². The number of aromatic nitrogens is 4. The molecule has 1 fully saturated rings. The minimum absolute atomic E-state index is 0. The smallest absolute Gasteiger partial charge is 0.268 e. The summed E-state index contributed by atoms with van der Waals surface area (Å²) in [7, 11) is -1.67. The van der Waals surface area contributed by atoms with Gasteiger partial charge in [-0.05, 0) is 50.2 Å². The highest BCUT2D eigenvalue weighted by atomic mass is 32.2. The first-order valence-electron chi connectivity index (χ1n) is 11.4. The van der Waals surface area contributed by atoms with Crippen LogP contribution in [0.3, 0.4) is 0 Å². The normalized spacial score (nSPS) is 15.9. The maximum absolute atomic E-state index is 14.6. The van der Waals surface area contributed by atoms with Crippen LogP contribution in [-0.4, -0.2) is 54.1 Å². The van der Waals surface area contributed by atoms with Crippen molar-refractivity contribution in [1.82, 2.24) is 25.5 Å². The van der Waals surface area contributed by atoms with Crippen LogP contribution in [0, 0.1) is 12.7 Å². The molecule has 5 rings (SSSR count). The highest BCUT2D eigenvalue weighted by molar-refractivity contribution is 7.92. The number of nitrogens with one attached hydrogen (secondary N) is 1. The van der Waals surface area contributed by atoms with Gasteiger partial charge in [0.05, 0.1) is 39.9 Å². The van der Waals surface area contributed by atoms with Crippen LogP contribution in [0.1, 0.15) is 19.1 Å². The highest BCUT2D eigenvalue weighted by Crippen LogP contribution is 2.29. The van der Waals surface area contributed by atoms with Crippen molar-refractivity contribution in [3.63, 3.8) is 0 Å². The maximum Gasteiger partial charge on any atom is 0.268 e.